The van der Waals surface area contributed by atoms with Gasteiger partial charge in [0.15, 0.2) is 6.61 Å². The van der Waals surface area contributed by atoms with Crippen LogP contribution in [0.2, 0.25) is 5.02 Å². The number of benzene rings is 1. The number of rotatable bonds is 4. The molecule has 1 rings (SSSR count). The zero-order chi connectivity index (χ0) is 12.8. The summed E-state index contributed by atoms with van der Waals surface area (Å²) in [4.78, 5) is 13.0. The van der Waals surface area contributed by atoms with Crippen LogP contribution in [0.15, 0.2) is 24.3 Å². The van der Waals surface area contributed by atoms with Crippen molar-refractivity contribution in [1.82, 2.24) is 4.90 Å². The molecule has 0 spiro atoms. The van der Waals surface area contributed by atoms with E-state index in [2.05, 4.69) is 0 Å². The Hall–Kier alpha value is -1.73. The van der Waals surface area contributed by atoms with Crippen LogP contribution in [0, 0.1) is 11.3 Å². The lowest BCUT2D eigenvalue weighted by Gasteiger charge is -2.19. The van der Waals surface area contributed by atoms with Gasteiger partial charge in [-0.05, 0) is 31.2 Å². The van der Waals surface area contributed by atoms with Gasteiger partial charge in [0.25, 0.3) is 5.91 Å². The van der Waals surface area contributed by atoms with Crippen molar-refractivity contribution in [2.75, 3.05) is 13.7 Å². The number of hydrogen-bond acceptors (Lipinski definition) is 3. The van der Waals surface area contributed by atoms with Gasteiger partial charge in [-0.25, -0.2) is 0 Å². The van der Waals surface area contributed by atoms with Crippen molar-refractivity contribution < 1.29 is 9.53 Å². The van der Waals surface area contributed by atoms with E-state index >= 15 is 0 Å². The summed E-state index contributed by atoms with van der Waals surface area (Å²) in [7, 11) is 1.57. The number of ether oxygens (including phenoxy) is 1. The number of carbonyl (C=O) groups excluding carboxylic acids is 1. The van der Waals surface area contributed by atoms with E-state index in [1.165, 1.54) is 4.90 Å². The summed E-state index contributed by atoms with van der Waals surface area (Å²) in [5, 5.41) is 9.28. The van der Waals surface area contributed by atoms with E-state index in [4.69, 9.17) is 21.6 Å². The number of hydrogen-bond donors (Lipinski definition) is 0. The lowest BCUT2D eigenvalue weighted by Crippen LogP contribution is -2.37. The Labute approximate surface area is 105 Å². The van der Waals surface area contributed by atoms with Crippen LogP contribution in [0.3, 0.4) is 0 Å². The Morgan fingerprint density at radius 2 is 2.12 bits per heavy atom. The fraction of sp³-hybridized carbons (Fsp3) is 0.333. The molecule has 0 bridgehead atoms. The third-order valence-corrected chi connectivity index (χ3v) is 2.59. The third kappa shape index (κ3) is 3.97. The summed E-state index contributed by atoms with van der Waals surface area (Å²) in [6.45, 7) is 1.56. The molecule has 0 saturated carbocycles. The monoisotopic (exact) mass is 252 g/mol. The minimum atomic E-state index is -0.462. The number of likely N-dealkylation sites (N-methyl/N-ethyl adjacent to an activating group) is 1. The van der Waals surface area contributed by atoms with Crippen LogP contribution in [-0.2, 0) is 4.79 Å². The van der Waals surface area contributed by atoms with E-state index < -0.39 is 6.04 Å². The van der Waals surface area contributed by atoms with E-state index in [0.29, 0.717) is 10.8 Å². The summed E-state index contributed by atoms with van der Waals surface area (Å²) >= 11 is 5.72. The quantitative estimate of drug-likeness (QED) is 0.825. The van der Waals surface area contributed by atoms with Gasteiger partial charge in [-0.1, -0.05) is 11.6 Å². The normalized spacial score (nSPS) is 11.4. The lowest BCUT2D eigenvalue weighted by molar-refractivity contribution is -0.132. The molecule has 0 aliphatic heterocycles. The van der Waals surface area contributed by atoms with Gasteiger partial charge in [0.2, 0.25) is 0 Å². The Bertz CT molecular complexity index is 425. The van der Waals surface area contributed by atoms with Crippen molar-refractivity contribution in [3.63, 3.8) is 0 Å². The molecule has 1 unspecified atom stereocenters. The molecule has 4 nitrogen and oxygen atoms in total. The lowest BCUT2D eigenvalue weighted by atomic mass is 10.3. The smallest absolute Gasteiger partial charge is 0.261 e. The van der Waals surface area contributed by atoms with E-state index in [-0.39, 0.29) is 12.5 Å². The van der Waals surface area contributed by atoms with Crippen LogP contribution < -0.4 is 4.74 Å². The second kappa shape index (κ2) is 6.12. The second-order valence-corrected chi connectivity index (χ2v) is 3.99. The molecule has 1 amide bonds. The summed E-state index contributed by atoms with van der Waals surface area (Å²) < 4.78 is 5.28. The fourth-order valence-corrected chi connectivity index (χ4v) is 1.21. The van der Waals surface area contributed by atoms with Crippen molar-refractivity contribution in [3.8, 4) is 11.8 Å². The molecule has 1 aromatic carbocycles. The Morgan fingerprint density at radius 3 is 2.65 bits per heavy atom. The first-order chi connectivity index (χ1) is 8.04. The van der Waals surface area contributed by atoms with Crippen molar-refractivity contribution in [2.24, 2.45) is 0 Å². The average molecular weight is 253 g/mol. The summed E-state index contributed by atoms with van der Waals surface area (Å²) in [6.07, 6.45) is 0. The molecule has 0 aliphatic rings. The van der Waals surface area contributed by atoms with Crippen molar-refractivity contribution in [1.29, 1.82) is 5.26 Å². The predicted molar refractivity (Wildman–Crippen MR) is 64.8 cm³/mol. The summed E-state index contributed by atoms with van der Waals surface area (Å²) in [5.74, 6) is 0.328. The molecule has 0 fully saturated rings. The number of carbonyl (C=O) groups is 1. The maximum absolute atomic E-state index is 11.6. The van der Waals surface area contributed by atoms with Crippen LogP contribution in [-0.4, -0.2) is 30.5 Å². The van der Waals surface area contributed by atoms with Crippen LogP contribution in [0.5, 0.6) is 5.75 Å². The largest absolute Gasteiger partial charge is 0.484 e. The number of amides is 1. The molecule has 1 aromatic rings. The van der Waals surface area contributed by atoms with Gasteiger partial charge in [0.1, 0.15) is 11.8 Å². The molecular formula is C12H13ClN2O2. The minimum Gasteiger partial charge on any atom is -0.484 e. The predicted octanol–water partition coefficient (Wildman–Crippen LogP) is 2.09. The average Bonchev–Trinajstić information content (AvgIpc) is 2.35. The van der Waals surface area contributed by atoms with Crippen LogP contribution in [0.25, 0.3) is 0 Å². The maximum Gasteiger partial charge on any atom is 0.261 e. The molecule has 0 N–H and O–H groups in total. The van der Waals surface area contributed by atoms with Gasteiger partial charge >= 0.3 is 0 Å². The summed E-state index contributed by atoms with van der Waals surface area (Å²) in [6, 6.07) is 8.26. The highest BCUT2D eigenvalue weighted by Crippen LogP contribution is 2.15. The molecule has 0 heterocycles. The summed E-state index contributed by atoms with van der Waals surface area (Å²) in [5.41, 5.74) is 0. The van der Waals surface area contributed by atoms with Gasteiger partial charge in [0, 0.05) is 12.1 Å². The van der Waals surface area contributed by atoms with Crippen LogP contribution >= 0.6 is 11.6 Å². The van der Waals surface area contributed by atoms with Crippen molar-refractivity contribution in [3.05, 3.63) is 29.3 Å². The molecule has 0 saturated heterocycles. The Kier molecular flexibility index (Phi) is 4.80. The highest BCUT2D eigenvalue weighted by molar-refractivity contribution is 6.30. The maximum atomic E-state index is 11.6. The fourth-order valence-electron chi connectivity index (χ4n) is 1.08. The molecule has 0 radical (unpaired) electrons. The van der Waals surface area contributed by atoms with Gasteiger partial charge in [-0.15, -0.1) is 0 Å². The van der Waals surface area contributed by atoms with E-state index in [1.807, 2.05) is 6.07 Å². The highest BCUT2D eigenvalue weighted by Gasteiger charge is 2.15. The highest BCUT2D eigenvalue weighted by atomic mass is 35.5. The Balaban J connectivity index is 2.49. The first kappa shape index (κ1) is 13.3. The molecule has 90 valence electrons. The Morgan fingerprint density at radius 1 is 1.53 bits per heavy atom. The van der Waals surface area contributed by atoms with Gasteiger partial charge < -0.3 is 9.64 Å². The van der Waals surface area contributed by atoms with E-state index in [0.717, 1.165) is 0 Å². The van der Waals surface area contributed by atoms with E-state index in [1.54, 1.807) is 38.2 Å². The standard InChI is InChI=1S/C12H13ClN2O2/c1-9(7-14)15(2)12(16)8-17-11-5-3-10(13)4-6-11/h3-6,9H,8H2,1-2H3. The molecule has 1 atom stereocenters. The zero-order valence-electron chi connectivity index (χ0n) is 9.68. The number of nitrogens with zero attached hydrogens (tertiary/aromatic N) is 2. The molecule has 5 heteroatoms. The van der Waals surface area contributed by atoms with Crippen LogP contribution in [0.4, 0.5) is 0 Å². The molecule has 0 aromatic heterocycles. The number of halogens is 1. The number of nitriles is 1. The van der Waals surface area contributed by atoms with Gasteiger partial charge in [-0.2, -0.15) is 5.26 Å². The molecular weight excluding hydrogens is 240 g/mol. The second-order valence-electron chi connectivity index (χ2n) is 3.55. The first-order valence-corrected chi connectivity index (χ1v) is 5.46. The SMILES string of the molecule is CC(C#N)N(C)C(=O)COc1ccc(Cl)cc1. The molecule has 17 heavy (non-hydrogen) atoms. The van der Waals surface area contributed by atoms with Gasteiger partial charge in [0.05, 0.1) is 6.07 Å². The van der Waals surface area contributed by atoms with E-state index in [9.17, 15) is 4.79 Å². The van der Waals surface area contributed by atoms with Crippen molar-refractivity contribution >= 4 is 17.5 Å². The van der Waals surface area contributed by atoms with Crippen molar-refractivity contribution in [2.45, 2.75) is 13.0 Å². The zero-order valence-corrected chi connectivity index (χ0v) is 10.4. The minimum absolute atomic E-state index is 0.0931. The van der Waals surface area contributed by atoms with Gasteiger partial charge in [-0.3, -0.25) is 4.79 Å². The van der Waals surface area contributed by atoms with Crippen LogP contribution in [0.1, 0.15) is 6.92 Å². The third-order valence-electron chi connectivity index (χ3n) is 2.34. The topological polar surface area (TPSA) is 53.3 Å². The molecule has 0 aliphatic carbocycles. The first-order valence-electron chi connectivity index (χ1n) is 5.08.